The quantitative estimate of drug-likeness (QED) is 0.719. The molecule has 94 valence electrons. The van der Waals surface area contributed by atoms with E-state index in [1.165, 1.54) is 11.5 Å². The van der Waals surface area contributed by atoms with Crippen molar-refractivity contribution < 1.29 is 5.11 Å². The molecule has 0 saturated heterocycles. The molecule has 0 aliphatic heterocycles. The van der Waals surface area contributed by atoms with Gasteiger partial charge in [0.05, 0.1) is 6.61 Å². The Morgan fingerprint density at radius 1 is 1.53 bits per heavy atom. The largest absolute Gasteiger partial charge is 0.396 e. The van der Waals surface area contributed by atoms with E-state index in [2.05, 4.69) is 9.69 Å². The monoisotopic (exact) mass is 254 g/mol. The number of nitrogens with one attached hydrogen (secondary N) is 1. The molecule has 6 heteroatoms. The summed E-state index contributed by atoms with van der Waals surface area (Å²) in [5.41, 5.74) is 5.83. The molecule has 1 aromatic heterocycles. The lowest BCUT2D eigenvalue weighted by Crippen LogP contribution is -2.32. The number of aromatic nitrogens is 1. The molecule has 0 bridgehead atoms. The van der Waals surface area contributed by atoms with E-state index >= 15 is 0 Å². The van der Waals surface area contributed by atoms with Gasteiger partial charge in [-0.15, -0.1) is 0 Å². The molecule has 0 radical (unpaired) electrons. The van der Waals surface area contributed by atoms with Crippen LogP contribution in [-0.4, -0.2) is 22.6 Å². The minimum absolute atomic E-state index is 0.128. The molecule has 0 atom stereocenters. The molecule has 1 heterocycles. The minimum atomic E-state index is -0.147. The van der Waals surface area contributed by atoms with Crippen molar-refractivity contribution in [3.63, 3.8) is 0 Å². The van der Waals surface area contributed by atoms with Gasteiger partial charge in [0.25, 0.3) is 0 Å². The molecular weight excluding hydrogens is 236 g/mol. The highest BCUT2D eigenvalue weighted by Gasteiger charge is 2.25. The molecule has 0 amide bonds. The van der Waals surface area contributed by atoms with Crippen molar-refractivity contribution in [2.45, 2.75) is 26.7 Å². The fourth-order valence-corrected chi connectivity index (χ4v) is 2.24. The highest BCUT2D eigenvalue weighted by atomic mass is 32.1. The third-order valence-corrected chi connectivity index (χ3v) is 4.11. The number of aliphatic hydroxyl groups is 1. The SMILES string of the molecule is CCC(CC)(CO)CNc1snc(N)c1C#N. The Bertz CT molecular complexity index is 398. The van der Waals surface area contributed by atoms with Crippen LogP contribution in [0.25, 0.3) is 0 Å². The van der Waals surface area contributed by atoms with Crippen LogP contribution in [0.2, 0.25) is 0 Å². The zero-order valence-electron chi connectivity index (χ0n) is 10.2. The normalized spacial score (nSPS) is 11.2. The molecule has 0 saturated carbocycles. The van der Waals surface area contributed by atoms with Crippen LogP contribution in [0.3, 0.4) is 0 Å². The van der Waals surface area contributed by atoms with E-state index in [0.717, 1.165) is 12.8 Å². The Kier molecular flexibility index (Phi) is 4.73. The van der Waals surface area contributed by atoms with Crippen LogP contribution < -0.4 is 11.1 Å². The van der Waals surface area contributed by atoms with E-state index in [9.17, 15) is 5.11 Å². The number of nitrogens with zero attached hydrogens (tertiary/aromatic N) is 2. The number of hydrogen-bond donors (Lipinski definition) is 3. The molecule has 1 rings (SSSR count). The van der Waals surface area contributed by atoms with E-state index < -0.39 is 0 Å². The van der Waals surface area contributed by atoms with Crippen LogP contribution in [0.4, 0.5) is 10.8 Å². The predicted octanol–water partition coefficient (Wildman–Crippen LogP) is 1.81. The molecule has 0 fully saturated rings. The van der Waals surface area contributed by atoms with Gasteiger partial charge in [0.15, 0.2) is 5.82 Å². The van der Waals surface area contributed by atoms with Gasteiger partial charge >= 0.3 is 0 Å². The second kappa shape index (κ2) is 5.84. The van der Waals surface area contributed by atoms with Crippen molar-refractivity contribution in [3.8, 4) is 6.07 Å². The Balaban J connectivity index is 2.76. The van der Waals surface area contributed by atoms with E-state index in [-0.39, 0.29) is 17.8 Å². The first-order chi connectivity index (χ1) is 8.12. The molecule has 0 unspecified atom stereocenters. The van der Waals surface area contributed by atoms with Crippen molar-refractivity contribution in [2.24, 2.45) is 5.41 Å². The molecule has 0 aliphatic rings. The second-order valence-corrected chi connectivity index (χ2v) is 4.88. The molecule has 0 aliphatic carbocycles. The summed E-state index contributed by atoms with van der Waals surface area (Å²) in [7, 11) is 0. The highest BCUT2D eigenvalue weighted by molar-refractivity contribution is 7.10. The fraction of sp³-hybridized carbons (Fsp3) is 0.636. The summed E-state index contributed by atoms with van der Waals surface area (Å²) in [5.74, 6) is 0.266. The van der Waals surface area contributed by atoms with Crippen molar-refractivity contribution >= 4 is 22.4 Å². The standard InChI is InChI=1S/C11H18N4OS/c1-3-11(4-2,7-16)6-14-10-8(5-12)9(13)15-17-10/h14,16H,3-4,6-7H2,1-2H3,(H2,13,15). The first-order valence-electron chi connectivity index (χ1n) is 5.62. The fourth-order valence-electron chi connectivity index (χ4n) is 1.58. The van der Waals surface area contributed by atoms with Gasteiger partial charge in [-0.2, -0.15) is 9.64 Å². The predicted molar refractivity (Wildman–Crippen MR) is 69.8 cm³/mol. The second-order valence-electron chi connectivity index (χ2n) is 4.10. The van der Waals surface area contributed by atoms with E-state index in [1.54, 1.807) is 0 Å². The Labute approximate surface area is 105 Å². The molecule has 0 spiro atoms. The summed E-state index contributed by atoms with van der Waals surface area (Å²) in [5, 5.41) is 22.2. The van der Waals surface area contributed by atoms with E-state index in [4.69, 9.17) is 11.0 Å². The van der Waals surface area contributed by atoms with Crippen LogP contribution in [0.1, 0.15) is 32.3 Å². The first-order valence-corrected chi connectivity index (χ1v) is 6.39. The lowest BCUT2D eigenvalue weighted by molar-refractivity contribution is 0.127. The number of hydrogen-bond acceptors (Lipinski definition) is 6. The molecule has 17 heavy (non-hydrogen) atoms. The highest BCUT2D eigenvalue weighted by Crippen LogP contribution is 2.30. The van der Waals surface area contributed by atoms with Gasteiger partial charge in [-0.3, -0.25) is 0 Å². The van der Waals surface area contributed by atoms with Crippen LogP contribution in [0.15, 0.2) is 0 Å². The maximum absolute atomic E-state index is 9.44. The first kappa shape index (κ1) is 13.7. The third-order valence-electron chi connectivity index (χ3n) is 3.29. The molecule has 1 aromatic rings. The average Bonchev–Trinajstić information content (AvgIpc) is 2.72. The number of anilines is 2. The molecule has 5 nitrogen and oxygen atoms in total. The maximum Gasteiger partial charge on any atom is 0.157 e. The number of nitriles is 1. The van der Waals surface area contributed by atoms with Crippen molar-refractivity contribution in [1.82, 2.24) is 4.37 Å². The summed E-state index contributed by atoms with van der Waals surface area (Å²) in [4.78, 5) is 0. The maximum atomic E-state index is 9.44. The summed E-state index contributed by atoms with van der Waals surface area (Å²) >= 11 is 1.18. The topological polar surface area (TPSA) is 95.0 Å². The zero-order valence-corrected chi connectivity index (χ0v) is 11.0. The summed E-state index contributed by atoms with van der Waals surface area (Å²) < 4.78 is 3.94. The molecular formula is C11H18N4OS. The Morgan fingerprint density at radius 2 is 2.18 bits per heavy atom. The van der Waals surface area contributed by atoms with Crippen molar-refractivity contribution in [2.75, 3.05) is 24.2 Å². The zero-order chi connectivity index (χ0) is 12.9. The van der Waals surface area contributed by atoms with Gasteiger partial charge in [-0.25, -0.2) is 0 Å². The van der Waals surface area contributed by atoms with E-state index in [0.29, 0.717) is 17.1 Å². The number of nitrogen functional groups attached to an aromatic ring is 1. The van der Waals surface area contributed by atoms with Crippen LogP contribution >= 0.6 is 11.5 Å². The number of rotatable bonds is 6. The molecule has 4 N–H and O–H groups in total. The van der Waals surface area contributed by atoms with Gasteiger partial charge < -0.3 is 16.2 Å². The molecule has 0 aromatic carbocycles. The van der Waals surface area contributed by atoms with Crippen molar-refractivity contribution in [3.05, 3.63) is 5.56 Å². The lowest BCUT2D eigenvalue weighted by atomic mass is 9.83. The minimum Gasteiger partial charge on any atom is -0.396 e. The summed E-state index contributed by atoms with van der Waals surface area (Å²) in [6.07, 6.45) is 1.76. The van der Waals surface area contributed by atoms with Crippen molar-refractivity contribution in [1.29, 1.82) is 5.26 Å². The lowest BCUT2D eigenvalue weighted by Gasteiger charge is -2.29. The third kappa shape index (κ3) is 2.87. The van der Waals surface area contributed by atoms with Gasteiger partial charge in [0.1, 0.15) is 16.6 Å². The van der Waals surface area contributed by atoms with Gasteiger partial charge in [0, 0.05) is 12.0 Å². The number of aliphatic hydroxyl groups excluding tert-OH is 1. The average molecular weight is 254 g/mol. The van der Waals surface area contributed by atoms with Crippen LogP contribution in [-0.2, 0) is 0 Å². The smallest absolute Gasteiger partial charge is 0.157 e. The van der Waals surface area contributed by atoms with Gasteiger partial charge in [-0.1, -0.05) is 13.8 Å². The summed E-state index contributed by atoms with van der Waals surface area (Å²) in [6, 6.07) is 2.03. The Morgan fingerprint density at radius 3 is 2.65 bits per heavy atom. The summed E-state index contributed by atoms with van der Waals surface area (Å²) in [6.45, 7) is 4.84. The van der Waals surface area contributed by atoms with Gasteiger partial charge in [-0.05, 0) is 24.4 Å². The number of nitrogens with two attached hydrogens (primary N) is 1. The van der Waals surface area contributed by atoms with E-state index in [1.807, 2.05) is 19.9 Å². The Hall–Kier alpha value is -1.32. The van der Waals surface area contributed by atoms with Crippen LogP contribution in [0.5, 0.6) is 0 Å². The van der Waals surface area contributed by atoms with Gasteiger partial charge in [0.2, 0.25) is 0 Å². The van der Waals surface area contributed by atoms with Crippen LogP contribution in [0, 0.1) is 16.7 Å².